The molecule has 3 atom stereocenters. The quantitative estimate of drug-likeness (QED) is 0.0362. The molecule has 0 radical (unpaired) electrons. The van der Waals surface area contributed by atoms with Crippen LogP contribution in [-0.2, 0) is 4.79 Å². The third kappa shape index (κ3) is 48.5. The molecule has 0 spiro atoms. The Morgan fingerprint density at radius 3 is 1.00 bits per heavy atom. The highest BCUT2D eigenvalue weighted by Crippen LogP contribution is 2.17. The minimum absolute atomic E-state index is 0.152. The Kier molecular flexibility index (Phi) is 53.0. The Labute approximate surface area is 400 Å². The van der Waals surface area contributed by atoms with Crippen LogP contribution in [0.4, 0.5) is 0 Å². The number of unbranched alkanes of at least 4 members (excludes halogenated alkanes) is 39. The maximum atomic E-state index is 12.5. The minimum Gasteiger partial charge on any atom is -0.394 e. The van der Waals surface area contributed by atoms with Crippen molar-refractivity contribution >= 4 is 5.91 Å². The van der Waals surface area contributed by atoms with Crippen molar-refractivity contribution in [3.8, 4) is 0 Å². The van der Waals surface area contributed by atoms with Gasteiger partial charge in [0.1, 0.15) is 6.10 Å². The number of carbonyl (C=O) groups excluding carboxylic acids is 1. The Morgan fingerprint density at radius 2 is 0.672 bits per heavy atom. The van der Waals surface area contributed by atoms with E-state index in [1.807, 2.05) is 0 Å². The molecule has 0 aliphatic rings. The van der Waals surface area contributed by atoms with Crippen molar-refractivity contribution in [2.45, 2.75) is 327 Å². The van der Waals surface area contributed by atoms with Crippen molar-refractivity contribution in [2.75, 3.05) is 6.61 Å². The molecule has 0 saturated heterocycles. The molecule has 378 valence electrons. The van der Waals surface area contributed by atoms with E-state index in [-0.39, 0.29) is 12.5 Å². The fourth-order valence-corrected chi connectivity index (χ4v) is 9.02. The zero-order valence-corrected chi connectivity index (χ0v) is 43.2. The molecule has 0 aliphatic carbocycles. The van der Waals surface area contributed by atoms with Crippen molar-refractivity contribution in [1.29, 1.82) is 0 Å². The van der Waals surface area contributed by atoms with Gasteiger partial charge < -0.3 is 20.6 Å². The fraction of sp³-hybridized carbons (Fsp3) is 0.881. The SMILES string of the molecule is CCCCCCCCCC/C=C/CCCC(O)C(O)C(CO)NC(=O)CCCCCCCCCCCCCCCCCCC/C=C\C/C=C\CCCCCCCCCCCCCCC. The average molecular weight is 901 g/mol. The van der Waals surface area contributed by atoms with Crippen molar-refractivity contribution in [1.82, 2.24) is 5.32 Å². The monoisotopic (exact) mass is 900 g/mol. The van der Waals surface area contributed by atoms with Gasteiger partial charge in [-0.15, -0.1) is 0 Å². The van der Waals surface area contributed by atoms with Gasteiger partial charge in [-0.1, -0.05) is 269 Å². The Bertz CT molecular complexity index is 993. The van der Waals surface area contributed by atoms with Crippen LogP contribution < -0.4 is 5.32 Å². The summed E-state index contributed by atoms with van der Waals surface area (Å²) in [5.41, 5.74) is 0. The lowest BCUT2D eigenvalue weighted by molar-refractivity contribution is -0.124. The van der Waals surface area contributed by atoms with Crippen LogP contribution in [0, 0.1) is 0 Å². The summed E-state index contributed by atoms with van der Waals surface area (Å²) in [6, 6.07) is -0.825. The molecule has 0 aromatic heterocycles. The molecule has 0 fully saturated rings. The predicted molar refractivity (Wildman–Crippen MR) is 282 cm³/mol. The lowest BCUT2D eigenvalue weighted by Gasteiger charge is -2.26. The Morgan fingerprint density at radius 1 is 0.391 bits per heavy atom. The van der Waals surface area contributed by atoms with Gasteiger partial charge in [0.2, 0.25) is 5.91 Å². The molecule has 4 N–H and O–H groups in total. The smallest absolute Gasteiger partial charge is 0.220 e. The summed E-state index contributed by atoms with van der Waals surface area (Å²) in [6.45, 7) is 4.18. The molecular formula is C59H113NO4. The first-order chi connectivity index (χ1) is 31.6. The molecule has 64 heavy (non-hydrogen) atoms. The normalized spacial score (nSPS) is 13.5. The van der Waals surface area contributed by atoms with Gasteiger partial charge in [-0.3, -0.25) is 4.79 Å². The second kappa shape index (κ2) is 54.2. The molecule has 0 aromatic carbocycles. The predicted octanol–water partition coefficient (Wildman–Crippen LogP) is 17.8. The van der Waals surface area contributed by atoms with Crippen LogP contribution in [0.1, 0.15) is 309 Å². The maximum absolute atomic E-state index is 12.5. The summed E-state index contributed by atoms with van der Waals surface area (Å²) < 4.78 is 0. The number of carbonyl (C=O) groups is 1. The minimum atomic E-state index is -1.16. The highest BCUT2D eigenvalue weighted by atomic mass is 16.3. The standard InChI is InChI=1S/C59H113NO4/c1-3-5-7-9-11-13-15-17-18-19-20-21-22-23-24-25-26-27-28-29-30-31-32-33-34-35-36-37-38-39-40-42-44-46-48-50-52-54-58(63)60-56(55-61)59(64)57(62)53-51-49-47-45-43-41-16-14-12-10-8-6-4-2/h24-25,27-28,45,47,56-57,59,61-62,64H,3-23,26,29-44,46,48-55H2,1-2H3,(H,60,63)/b25-24-,28-27-,47-45+. The Balaban J connectivity index is 3.47. The van der Waals surface area contributed by atoms with E-state index >= 15 is 0 Å². The zero-order chi connectivity index (χ0) is 46.5. The van der Waals surface area contributed by atoms with E-state index in [1.165, 1.54) is 238 Å². The molecule has 1 amide bonds. The molecule has 0 aliphatic heterocycles. The molecule has 0 saturated carbocycles. The lowest BCUT2D eigenvalue weighted by atomic mass is 10.0. The van der Waals surface area contributed by atoms with E-state index in [0.29, 0.717) is 12.8 Å². The number of aliphatic hydroxyl groups excluding tert-OH is 3. The number of hydrogen-bond donors (Lipinski definition) is 4. The second-order valence-corrected chi connectivity index (χ2v) is 19.8. The van der Waals surface area contributed by atoms with Crippen molar-refractivity contribution in [3.05, 3.63) is 36.5 Å². The number of amides is 1. The average Bonchev–Trinajstić information content (AvgIpc) is 3.30. The van der Waals surface area contributed by atoms with Crippen LogP contribution in [0.3, 0.4) is 0 Å². The van der Waals surface area contributed by atoms with E-state index in [9.17, 15) is 20.1 Å². The molecule has 0 heterocycles. The summed E-state index contributed by atoms with van der Waals surface area (Å²) in [6.07, 6.45) is 70.4. The number of allylic oxidation sites excluding steroid dienone is 6. The summed E-state index contributed by atoms with van der Waals surface area (Å²) in [7, 11) is 0. The number of nitrogens with one attached hydrogen (secondary N) is 1. The van der Waals surface area contributed by atoms with Crippen LogP contribution in [-0.4, -0.2) is 46.1 Å². The van der Waals surface area contributed by atoms with Gasteiger partial charge in [0.05, 0.1) is 18.8 Å². The van der Waals surface area contributed by atoms with Crippen LogP contribution in [0.25, 0.3) is 0 Å². The van der Waals surface area contributed by atoms with Gasteiger partial charge in [-0.05, 0) is 70.6 Å². The van der Waals surface area contributed by atoms with Gasteiger partial charge >= 0.3 is 0 Å². The van der Waals surface area contributed by atoms with E-state index in [4.69, 9.17) is 0 Å². The molecule has 0 rings (SSSR count). The highest BCUT2D eigenvalue weighted by molar-refractivity contribution is 5.76. The lowest BCUT2D eigenvalue weighted by Crippen LogP contribution is -2.50. The van der Waals surface area contributed by atoms with E-state index in [0.717, 1.165) is 44.9 Å². The number of aliphatic hydroxyl groups is 3. The second-order valence-electron chi connectivity index (χ2n) is 19.8. The summed E-state index contributed by atoms with van der Waals surface area (Å²) in [5, 5.41) is 33.6. The largest absolute Gasteiger partial charge is 0.394 e. The molecule has 0 aromatic rings. The number of hydrogen-bond acceptors (Lipinski definition) is 4. The molecular weight excluding hydrogens is 787 g/mol. The molecule has 5 heteroatoms. The summed E-state index contributed by atoms with van der Waals surface area (Å²) in [5.74, 6) is -0.152. The Hall–Kier alpha value is -1.43. The number of rotatable bonds is 53. The van der Waals surface area contributed by atoms with Gasteiger partial charge in [0.25, 0.3) is 0 Å². The first-order valence-electron chi connectivity index (χ1n) is 28.8. The van der Waals surface area contributed by atoms with Crippen molar-refractivity contribution in [2.24, 2.45) is 0 Å². The van der Waals surface area contributed by atoms with Gasteiger partial charge in [-0.2, -0.15) is 0 Å². The molecule has 3 unspecified atom stereocenters. The van der Waals surface area contributed by atoms with E-state index in [1.54, 1.807) is 0 Å². The summed E-state index contributed by atoms with van der Waals surface area (Å²) >= 11 is 0. The third-order valence-electron chi connectivity index (χ3n) is 13.5. The third-order valence-corrected chi connectivity index (χ3v) is 13.5. The maximum Gasteiger partial charge on any atom is 0.220 e. The first kappa shape index (κ1) is 62.6. The first-order valence-corrected chi connectivity index (χ1v) is 28.8. The van der Waals surface area contributed by atoms with Crippen LogP contribution in [0.15, 0.2) is 36.5 Å². The van der Waals surface area contributed by atoms with Gasteiger partial charge in [-0.25, -0.2) is 0 Å². The fourth-order valence-electron chi connectivity index (χ4n) is 9.02. The van der Waals surface area contributed by atoms with Crippen LogP contribution in [0.5, 0.6) is 0 Å². The van der Waals surface area contributed by atoms with E-state index < -0.39 is 18.2 Å². The van der Waals surface area contributed by atoms with Gasteiger partial charge in [0, 0.05) is 6.42 Å². The van der Waals surface area contributed by atoms with E-state index in [2.05, 4.69) is 55.6 Å². The highest BCUT2D eigenvalue weighted by Gasteiger charge is 2.26. The van der Waals surface area contributed by atoms with Crippen LogP contribution in [0.2, 0.25) is 0 Å². The topological polar surface area (TPSA) is 89.8 Å². The van der Waals surface area contributed by atoms with Gasteiger partial charge in [0.15, 0.2) is 0 Å². The molecule has 0 bridgehead atoms. The van der Waals surface area contributed by atoms with Crippen LogP contribution >= 0.6 is 0 Å². The van der Waals surface area contributed by atoms with Crippen molar-refractivity contribution < 1.29 is 20.1 Å². The van der Waals surface area contributed by atoms with Crippen molar-refractivity contribution in [3.63, 3.8) is 0 Å². The summed E-state index contributed by atoms with van der Waals surface area (Å²) in [4.78, 5) is 12.5. The zero-order valence-electron chi connectivity index (χ0n) is 43.2. The molecule has 5 nitrogen and oxygen atoms in total.